The normalized spacial score (nSPS) is 26.7. The zero-order valence-electron chi connectivity index (χ0n) is 13.9. The maximum atomic E-state index is 6.23. The number of nitrogens with zero attached hydrogens (tertiary/aromatic N) is 5. The summed E-state index contributed by atoms with van der Waals surface area (Å²) >= 11 is 0. The summed E-state index contributed by atoms with van der Waals surface area (Å²) in [6.45, 7) is 4.46. The Morgan fingerprint density at radius 3 is 2.92 bits per heavy atom. The van der Waals surface area contributed by atoms with Crippen molar-refractivity contribution in [1.82, 2.24) is 20.2 Å². The molecule has 2 aliphatic heterocycles. The number of nitrogens with one attached hydrogen (secondary N) is 1. The summed E-state index contributed by atoms with van der Waals surface area (Å²) in [6.07, 6.45) is 6.72. The van der Waals surface area contributed by atoms with Gasteiger partial charge in [-0.1, -0.05) is 0 Å². The van der Waals surface area contributed by atoms with Crippen molar-refractivity contribution >= 4 is 11.8 Å². The fourth-order valence-corrected chi connectivity index (χ4v) is 3.63. The molecule has 2 atom stereocenters. The van der Waals surface area contributed by atoms with Gasteiger partial charge >= 0.3 is 0 Å². The molecule has 0 amide bonds. The highest BCUT2D eigenvalue weighted by Gasteiger charge is 2.44. The lowest BCUT2D eigenvalue weighted by atomic mass is 9.89. The van der Waals surface area contributed by atoms with Gasteiger partial charge in [-0.05, 0) is 38.0 Å². The van der Waals surface area contributed by atoms with E-state index in [-0.39, 0.29) is 11.6 Å². The third-order valence-corrected chi connectivity index (χ3v) is 4.73. The first-order chi connectivity index (χ1) is 11.7. The number of hydrogen-bond donors (Lipinski definition) is 1. The van der Waals surface area contributed by atoms with Gasteiger partial charge in [-0.2, -0.15) is 5.10 Å². The molecule has 0 saturated carbocycles. The summed E-state index contributed by atoms with van der Waals surface area (Å²) in [5, 5.41) is 11.7. The van der Waals surface area contributed by atoms with Gasteiger partial charge in [0.15, 0.2) is 0 Å². The first-order valence-corrected chi connectivity index (χ1v) is 8.45. The molecule has 0 aliphatic carbocycles. The smallest absolute Gasteiger partial charge is 0.225 e. The lowest BCUT2D eigenvalue weighted by molar-refractivity contribution is -0.00668. The zero-order valence-corrected chi connectivity index (χ0v) is 13.9. The summed E-state index contributed by atoms with van der Waals surface area (Å²) in [6, 6.07) is 6.05. The second-order valence-corrected chi connectivity index (χ2v) is 6.67. The van der Waals surface area contributed by atoms with E-state index in [9.17, 15) is 0 Å². The van der Waals surface area contributed by atoms with Crippen molar-refractivity contribution in [2.45, 2.75) is 37.8 Å². The lowest BCUT2D eigenvalue weighted by Gasteiger charge is -2.39. The van der Waals surface area contributed by atoms with E-state index in [4.69, 9.17) is 4.74 Å². The standard InChI is InChI=1S/C17H22N6O/c1-13-4-5-15(22-21-13)20-14-10-17(24-11-14)6-2-9-23(12-17)16-18-7-3-8-19-16/h3-5,7-8,14H,2,6,9-12H2,1H3,(H,20,22)/t14-,17-/m1/s1. The Hall–Kier alpha value is -2.28. The minimum atomic E-state index is -0.118. The Morgan fingerprint density at radius 2 is 2.12 bits per heavy atom. The third-order valence-electron chi connectivity index (χ3n) is 4.73. The van der Waals surface area contributed by atoms with Crippen LogP contribution >= 0.6 is 0 Å². The summed E-state index contributed by atoms with van der Waals surface area (Å²) in [7, 11) is 0. The SMILES string of the molecule is Cc1ccc(N[C@H]2CO[C@]3(CCCN(c4ncccn4)C3)C2)nn1. The fourth-order valence-electron chi connectivity index (χ4n) is 3.63. The highest BCUT2D eigenvalue weighted by atomic mass is 16.5. The molecule has 1 N–H and O–H groups in total. The third kappa shape index (κ3) is 3.17. The van der Waals surface area contributed by atoms with E-state index in [1.807, 2.05) is 25.1 Å². The van der Waals surface area contributed by atoms with Crippen molar-refractivity contribution in [3.8, 4) is 0 Å². The molecule has 24 heavy (non-hydrogen) atoms. The van der Waals surface area contributed by atoms with Crippen LogP contribution in [0.15, 0.2) is 30.6 Å². The van der Waals surface area contributed by atoms with Gasteiger partial charge in [-0.3, -0.25) is 0 Å². The molecular weight excluding hydrogens is 304 g/mol. The van der Waals surface area contributed by atoms with E-state index in [2.05, 4.69) is 30.4 Å². The highest BCUT2D eigenvalue weighted by Crippen LogP contribution is 2.36. The van der Waals surface area contributed by atoms with E-state index in [1.54, 1.807) is 12.4 Å². The first-order valence-electron chi connectivity index (χ1n) is 8.45. The molecule has 7 nitrogen and oxygen atoms in total. The van der Waals surface area contributed by atoms with Crippen LogP contribution in [-0.4, -0.2) is 51.5 Å². The van der Waals surface area contributed by atoms with Crippen LogP contribution in [0.25, 0.3) is 0 Å². The molecule has 0 radical (unpaired) electrons. The predicted octanol–water partition coefficient (Wildman–Crippen LogP) is 1.82. The molecule has 7 heteroatoms. The maximum Gasteiger partial charge on any atom is 0.225 e. The van der Waals surface area contributed by atoms with Gasteiger partial charge in [0, 0.05) is 31.9 Å². The van der Waals surface area contributed by atoms with E-state index in [0.717, 1.165) is 49.8 Å². The van der Waals surface area contributed by atoms with Gasteiger partial charge in [0.05, 0.1) is 23.9 Å². The summed E-state index contributed by atoms with van der Waals surface area (Å²) in [5.41, 5.74) is 0.804. The Morgan fingerprint density at radius 1 is 1.25 bits per heavy atom. The van der Waals surface area contributed by atoms with Gasteiger partial charge in [0.1, 0.15) is 5.82 Å². The Labute approximate surface area is 141 Å². The number of anilines is 2. The lowest BCUT2D eigenvalue weighted by Crippen LogP contribution is -2.48. The van der Waals surface area contributed by atoms with E-state index >= 15 is 0 Å². The average molecular weight is 326 g/mol. The number of aryl methyl sites for hydroxylation is 1. The van der Waals surface area contributed by atoms with E-state index < -0.39 is 0 Å². The molecule has 0 unspecified atom stereocenters. The molecule has 0 aromatic carbocycles. The second kappa shape index (κ2) is 6.32. The summed E-state index contributed by atoms with van der Waals surface area (Å²) in [5.74, 6) is 1.60. The molecule has 0 bridgehead atoms. The molecule has 2 aromatic heterocycles. The van der Waals surface area contributed by atoms with Crippen molar-refractivity contribution in [3.63, 3.8) is 0 Å². The number of piperidine rings is 1. The van der Waals surface area contributed by atoms with Crippen LogP contribution in [0.4, 0.5) is 11.8 Å². The van der Waals surface area contributed by atoms with E-state index in [0.29, 0.717) is 6.61 Å². The van der Waals surface area contributed by atoms with Crippen molar-refractivity contribution in [3.05, 3.63) is 36.3 Å². The Bertz CT molecular complexity index is 679. The Kier molecular flexibility index (Phi) is 4.02. The minimum absolute atomic E-state index is 0.118. The van der Waals surface area contributed by atoms with Crippen LogP contribution < -0.4 is 10.2 Å². The van der Waals surface area contributed by atoms with Gasteiger partial charge in [0.2, 0.25) is 5.95 Å². The molecule has 126 valence electrons. The molecule has 2 aliphatic rings. The van der Waals surface area contributed by atoms with Crippen molar-refractivity contribution in [1.29, 1.82) is 0 Å². The number of ether oxygens (including phenoxy) is 1. The van der Waals surface area contributed by atoms with Gasteiger partial charge in [0.25, 0.3) is 0 Å². The van der Waals surface area contributed by atoms with Crippen molar-refractivity contribution < 1.29 is 4.74 Å². The summed E-state index contributed by atoms with van der Waals surface area (Å²) in [4.78, 5) is 11.0. The molecule has 2 saturated heterocycles. The van der Waals surface area contributed by atoms with Crippen molar-refractivity contribution in [2.24, 2.45) is 0 Å². The molecule has 4 rings (SSSR count). The minimum Gasteiger partial charge on any atom is -0.371 e. The topological polar surface area (TPSA) is 76.1 Å². The molecule has 4 heterocycles. The van der Waals surface area contributed by atoms with Gasteiger partial charge < -0.3 is 15.0 Å². The van der Waals surface area contributed by atoms with Crippen molar-refractivity contribution in [2.75, 3.05) is 29.9 Å². The molecule has 2 fully saturated rings. The van der Waals surface area contributed by atoms with E-state index in [1.165, 1.54) is 0 Å². The van der Waals surface area contributed by atoms with Gasteiger partial charge in [-0.15, -0.1) is 5.10 Å². The summed E-state index contributed by atoms with van der Waals surface area (Å²) < 4.78 is 6.23. The van der Waals surface area contributed by atoms with Crippen LogP contribution in [0.1, 0.15) is 25.0 Å². The van der Waals surface area contributed by atoms with Crippen LogP contribution in [0, 0.1) is 6.92 Å². The number of hydrogen-bond acceptors (Lipinski definition) is 7. The van der Waals surface area contributed by atoms with Crippen LogP contribution in [0.3, 0.4) is 0 Å². The number of rotatable bonds is 3. The quantitative estimate of drug-likeness (QED) is 0.922. The fraction of sp³-hybridized carbons (Fsp3) is 0.529. The molecule has 1 spiro atoms. The highest BCUT2D eigenvalue weighted by molar-refractivity contribution is 5.36. The largest absolute Gasteiger partial charge is 0.371 e. The van der Waals surface area contributed by atoms with Crippen LogP contribution in [0.2, 0.25) is 0 Å². The monoisotopic (exact) mass is 326 g/mol. The first kappa shape index (κ1) is 15.3. The average Bonchev–Trinajstić information content (AvgIpc) is 2.99. The molecular formula is C17H22N6O. The predicted molar refractivity (Wildman–Crippen MR) is 91.0 cm³/mol. The Balaban J connectivity index is 1.42. The maximum absolute atomic E-state index is 6.23. The van der Waals surface area contributed by atoms with Crippen LogP contribution in [0.5, 0.6) is 0 Å². The number of aromatic nitrogens is 4. The van der Waals surface area contributed by atoms with Gasteiger partial charge in [-0.25, -0.2) is 9.97 Å². The zero-order chi connectivity index (χ0) is 16.4. The molecule has 2 aromatic rings. The second-order valence-electron chi connectivity index (χ2n) is 6.67. The van der Waals surface area contributed by atoms with Crippen LogP contribution in [-0.2, 0) is 4.74 Å².